The van der Waals surface area contributed by atoms with E-state index in [1.54, 1.807) is 0 Å². The van der Waals surface area contributed by atoms with E-state index < -0.39 is 113 Å². The van der Waals surface area contributed by atoms with Gasteiger partial charge in [0.15, 0.2) is 52.8 Å². The van der Waals surface area contributed by atoms with Gasteiger partial charge in [0, 0.05) is 23.6 Å². The third-order valence-corrected chi connectivity index (χ3v) is 8.59. The molecule has 7 rings (SSSR count). The Bertz CT molecular complexity index is 2100. The lowest BCUT2D eigenvalue weighted by atomic mass is 9.71. The number of phenolic OH excluding ortho intramolecular Hbond substituents is 5. The molecule has 0 spiro atoms. The summed E-state index contributed by atoms with van der Waals surface area (Å²) in [4.78, 5) is 52.2. The molecule has 3 aliphatic heterocycles. The lowest BCUT2D eigenvalue weighted by Crippen LogP contribution is -2.53. The number of benzene rings is 3. The van der Waals surface area contributed by atoms with Gasteiger partial charge in [-0.2, -0.15) is 0 Å². The second kappa shape index (κ2) is 13.5. The first-order valence-electron chi connectivity index (χ1n) is 15.2. The molecule has 3 heterocycles. The number of aliphatic hydroxyl groups excluding tert-OH is 2. The molecule has 0 radical (unpaired) electrons. The summed E-state index contributed by atoms with van der Waals surface area (Å²) in [6.07, 6.45) is -3.89. The Morgan fingerprint density at radius 1 is 0.808 bits per heavy atom. The van der Waals surface area contributed by atoms with Crippen LogP contribution < -0.4 is 4.74 Å². The predicted octanol–water partition coefficient (Wildman–Crippen LogP) is 1.81. The van der Waals surface area contributed by atoms with Crippen LogP contribution in [0.2, 0.25) is 0 Å². The highest BCUT2D eigenvalue weighted by molar-refractivity contribution is 6.02. The van der Waals surface area contributed by atoms with Crippen LogP contribution in [0.3, 0.4) is 0 Å². The minimum Gasteiger partial charge on any atom is -0.504 e. The smallest absolute Gasteiger partial charge is 0.370 e. The zero-order valence-corrected chi connectivity index (χ0v) is 26.3. The maximum absolute atomic E-state index is 14.0. The van der Waals surface area contributed by atoms with E-state index in [1.807, 2.05) is 0 Å². The fraction of sp³-hybridized carbons (Fsp3) is 0.200. The molecule has 9 N–H and O–H groups in total. The zero-order chi connectivity index (χ0) is 37.6. The molecule has 0 saturated carbocycles. The average molecular weight is 721 g/mol. The van der Waals surface area contributed by atoms with Gasteiger partial charge >= 0.3 is 23.9 Å². The third kappa shape index (κ3) is 6.36. The number of carboxylic acids is 2. The van der Waals surface area contributed by atoms with E-state index in [1.165, 1.54) is 18.2 Å². The minimum atomic E-state index is -1.92. The van der Waals surface area contributed by atoms with E-state index in [0.717, 1.165) is 48.6 Å². The first-order chi connectivity index (χ1) is 24.7. The maximum Gasteiger partial charge on any atom is 0.370 e. The lowest BCUT2D eigenvalue weighted by molar-refractivity contribution is -0.185. The van der Waals surface area contributed by atoms with E-state index in [-0.39, 0.29) is 28.0 Å². The van der Waals surface area contributed by atoms with E-state index >= 15 is 0 Å². The van der Waals surface area contributed by atoms with Gasteiger partial charge in [-0.15, -0.1) is 0 Å². The van der Waals surface area contributed by atoms with Gasteiger partial charge in [0.1, 0.15) is 6.10 Å². The number of carbonyl (C=O) groups excluding carboxylic acids is 2. The summed E-state index contributed by atoms with van der Waals surface area (Å²) in [6, 6.07) is 7.97. The molecule has 17 heteroatoms. The molecular formula is C35H28O17. The number of carboxylic acid groups (broad SMARTS) is 2. The standard InChI is InChI=1S/C35H28O17/c36-12-22(41)31-32-24(11-25(50-31)33(44)45)51-35(48)17-7-15-9-19(38)20(39)10-16(15)27(28(17)34(46)47)14-2-5-23(21(40)8-14)49-30-13(3-6-26(42)52-32)1-4-18(37)29(30)43/h1-11,22,24,27-28,31-32,36-41,43H,12H2,(H,44,45)(H,46,47)/t22-,24+,27+,28+,31+,32+/m0/s1. The number of ether oxygens (including phenoxy) is 4. The highest BCUT2D eigenvalue weighted by atomic mass is 16.6. The number of aliphatic carboxylic acids is 2. The number of hydrogen-bond acceptors (Lipinski definition) is 15. The maximum atomic E-state index is 14.0. The van der Waals surface area contributed by atoms with E-state index in [0.29, 0.717) is 0 Å². The largest absolute Gasteiger partial charge is 0.504 e. The third-order valence-electron chi connectivity index (χ3n) is 8.59. The molecule has 0 fully saturated rings. The SMILES string of the molecule is O=C1C=Cc2ccc(O)c(O)c2Oc2ccc(cc2O)[C@@H]2c3cc(O)c(O)cc3C=C(C(=O)O[C@@H]3C=C(C(=O)O)O[C@H]([C@@H](O)CO)[C@@H]3O1)[C@H]2C(=O)O. The van der Waals surface area contributed by atoms with Crippen molar-refractivity contribution in [3.05, 3.63) is 88.2 Å². The van der Waals surface area contributed by atoms with Crippen LogP contribution in [-0.2, 0) is 33.4 Å². The summed E-state index contributed by atoms with van der Waals surface area (Å²) in [7, 11) is 0. The second-order valence-electron chi connectivity index (χ2n) is 11.8. The molecule has 0 aromatic heterocycles. The second-order valence-corrected chi connectivity index (χ2v) is 11.8. The summed E-state index contributed by atoms with van der Waals surface area (Å²) in [5.74, 6) is -14.2. The Morgan fingerprint density at radius 2 is 1.54 bits per heavy atom. The number of fused-ring (bicyclic) bond motifs is 6. The van der Waals surface area contributed by atoms with Crippen LogP contribution in [0, 0.1) is 5.92 Å². The van der Waals surface area contributed by atoms with Gasteiger partial charge in [-0.3, -0.25) is 4.79 Å². The summed E-state index contributed by atoms with van der Waals surface area (Å²) >= 11 is 0. The number of esters is 2. The molecule has 0 unspecified atom stereocenters. The number of aromatic hydroxyl groups is 5. The van der Waals surface area contributed by atoms with Crippen LogP contribution in [0.5, 0.6) is 40.2 Å². The molecule has 3 aromatic carbocycles. The van der Waals surface area contributed by atoms with Crippen molar-refractivity contribution in [2.45, 2.75) is 30.3 Å². The first kappa shape index (κ1) is 35.1. The quantitative estimate of drug-likeness (QED) is 0.137. The molecule has 4 bridgehead atoms. The minimum absolute atomic E-state index is 0.0312. The number of phenols is 5. The van der Waals surface area contributed by atoms with Gasteiger partial charge < -0.3 is 64.9 Å². The first-order valence-corrected chi connectivity index (χ1v) is 15.2. The van der Waals surface area contributed by atoms with E-state index in [9.17, 15) is 65.1 Å². The summed E-state index contributed by atoms with van der Waals surface area (Å²) in [5, 5.41) is 93.2. The van der Waals surface area contributed by atoms with Gasteiger partial charge in [-0.25, -0.2) is 14.4 Å². The lowest BCUT2D eigenvalue weighted by Gasteiger charge is -2.37. The molecule has 270 valence electrons. The van der Waals surface area contributed by atoms with Crippen molar-refractivity contribution < 1.29 is 84.1 Å². The molecular weight excluding hydrogens is 692 g/mol. The summed E-state index contributed by atoms with van der Waals surface area (Å²) in [5.41, 5.74) is -0.482. The van der Waals surface area contributed by atoms with Crippen LogP contribution in [0.4, 0.5) is 0 Å². The van der Waals surface area contributed by atoms with Crippen molar-refractivity contribution in [1.82, 2.24) is 0 Å². The van der Waals surface area contributed by atoms with Crippen molar-refractivity contribution >= 4 is 36.0 Å². The van der Waals surface area contributed by atoms with E-state index in [4.69, 9.17) is 18.9 Å². The molecule has 52 heavy (non-hydrogen) atoms. The number of rotatable bonds is 4. The van der Waals surface area contributed by atoms with Gasteiger partial charge in [0.05, 0.1) is 18.1 Å². The number of aliphatic hydroxyl groups is 2. The molecule has 0 saturated heterocycles. The number of hydrogen-bond donors (Lipinski definition) is 9. The normalized spacial score (nSPS) is 23.0. The molecule has 3 aromatic rings. The highest BCUT2D eigenvalue weighted by Gasteiger charge is 2.47. The van der Waals surface area contributed by atoms with Crippen molar-refractivity contribution in [1.29, 1.82) is 0 Å². The Morgan fingerprint density at radius 3 is 2.21 bits per heavy atom. The number of carbonyl (C=O) groups is 4. The van der Waals surface area contributed by atoms with Crippen molar-refractivity contribution in [3.63, 3.8) is 0 Å². The van der Waals surface area contributed by atoms with Crippen molar-refractivity contribution in [3.8, 4) is 40.2 Å². The van der Waals surface area contributed by atoms with Crippen LogP contribution in [0.1, 0.15) is 28.2 Å². The Kier molecular flexibility index (Phi) is 9.14. The monoisotopic (exact) mass is 720 g/mol. The summed E-state index contributed by atoms with van der Waals surface area (Å²) < 4.78 is 22.1. The van der Waals surface area contributed by atoms with Gasteiger partial charge in [-0.1, -0.05) is 6.07 Å². The van der Waals surface area contributed by atoms with Crippen molar-refractivity contribution in [2.24, 2.45) is 5.92 Å². The fourth-order valence-corrected chi connectivity index (χ4v) is 6.16. The Balaban J connectivity index is 1.60. The molecule has 6 atom stereocenters. The van der Waals surface area contributed by atoms with Gasteiger partial charge in [0.2, 0.25) is 11.5 Å². The molecule has 17 nitrogen and oxygen atoms in total. The fourth-order valence-electron chi connectivity index (χ4n) is 6.16. The van der Waals surface area contributed by atoms with Crippen LogP contribution in [0.25, 0.3) is 12.2 Å². The average Bonchev–Trinajstić information content (AvgIpc) is 3.10. The zero-order valence-electron chi connectivity index (χ0n) is 26.3. The van der Waals surface area contributed by atoms with Gasteiger partial charge in [-0.05, 0) is 65.2 Å². The van der Waals surface area contributed by atoms with Crippen molar-refractivity contribution in [2.75, 3.05) is 6.61 Å². The van der Waals surface area contributed by atoms with Gasteiger partial charge in [0.25, 0.3) is 0 Å². The Hall–Kier alpha value is -6.72. The van der Waals surface area contributed by atoms with E-state index in [2.05, 4.69) is 0 Å². The van der Waals surface area contributed by atoms with Crippen LogP contribution in [0.15, 0.2) is 65.9 Å². The topological polar surface area (TPSA) is 287 Å². The summed E-state index contributed by atoms with van der Waals surface area (Å²) in [6.45, 7) is -1.04. The molecule has 1 aliphatic carbocycles. The highest BCUT2D eigenvalue weighted by Crippen LogP contribution is 2.49. The molecule has 0 amide bonds. The van der Waals surface area contributed by atoms with Crippen LogP contribution >= 0.6 is 0 Å². The predicted molar refractivity (Wildman–Crippen MR) is 171 cm³/mol. The molecule has 4 aliphatic rings. The Labute approximate surface area is 291 Å². The van der Waals surface area contributed by atoms with Crippen LogP contribution in [-0.4, -0.2) is 101 Å².